The molecule has 0 radical (unpaired) electrons. The maximum atomic E-state index is 12.3. The maximum Gasteiger partial charge on any atom is 0.308 e. The SMILES string of the molecule is CC(CNC(=O)C1CC12CCCc1ccccc12)C(=O)O. The summed E-state index contributed by atoms with van der Waals surface area (Å²) in [7, 11) is 0. The van der Waals surface area contributed by atoms with E-state index in [1.807, 2.05) is 6.07 Å². The van der Waals surface area contributed by atoms with Crippen LogP contribution in [-0.2, 0) is 21.4 Å². The van der Waals surface area contributed by atoms with Crippen LogP contribution in [0.1, 0.15) is 37.3 Å². The Labute approximate surface area is 124 Å². The third kappa shape index (κ3) is 2.43. The Morgan fingerprint density at radius 3 is 2.95 bits per heavy atom. The highest BCUT2D eigenvalue weighted by atomic mass is 16.4. The number of aliphatic carboxylic acids is 1. The van der Waals surface area contributed by atoms with Crippen LogP contribution in [0, 0.1) is 11.8 Å². The van der Waals surface area contributed by atoms with Crippen LogP contribution in [-0.4, -0.2) is 23.5 Å². The fourth-order valence-electron chi connectivity index (χ4n) is 3.64. The molecule has 2 aliphatic rings. The molecule has 0 bridgehead atoms. The summed E-state index contributed by atoms with van der Waals surface area (Å²) in [5, 5.41) is 11.7. The number of aryl methyl sites for hydroxylation is 1. The first-order valence-electron chi connectivity index (χ1n) is 7.63. The first-order valence-corrected chi connectivity index (χ1v) is 7.63. The van der Waals surface area contributed by atoms with Crippen LogP contribution in [0.2, 0.25) is 0 Å². The summed E-state index contributed by atoms with van der Waals surface area (Å²) in [5.74, 6) is -1.38. The number of hydrogen-bond acceptors (Lipinski definition) is 2. The molecule has 1 spiro atoms. The lowest BCUT2D eigenvalue weighted by Crippen LogP contribution is -2.34. The van der Waals surface area contributed by atoms with Gasteiger partial charge in [-0.1, -0.05) is 31.2 Å². The van der Waals surface area contributed by atoms with Gasteiger partial charge in [0, 0.05) is 17.9 Å². The fourth-order valence-corrected chi connectivity index (χ4v) is 3.64. The third-order valence-corrected chi connectivity index (χ3v) is 5.02. The Bertz CT molecular complexity index is 583. The maximum absolute atomic E-state index is 12.3. The summed E-state index contributed by atoms with van der Waals surface area (Å²) in [5.41, 5.74) is 2.73. The van der Waals surface area contributed by atoms with Crippen molar-refractivity contribution >= 4 is 11.9 Å². The molecular formula is C17H21NO3. The molecule has 1 saturated carbocycles. The molecule has 21 heavy (non-hydrogen) atoms. The Balaban J connectivity index is 1.69. The van der Waals surface area contributed by atoms with Gasteiger partial charge in [-0.3, -0.25) is 9.59 Å². The highest BCUT2D eigenvalue weighted by Gasteiger charge is 2.59. The quantitative estimate of drug-likeness (QED) is 0.891. The summed E-state index contributed by atoms with van der Waals surface area (Å²) in [6, 6.07) is 8.42. The van der Waals surface area contributed by atoms with E-state index in [0.717, 1.165) is 25.7 Å². The van der Waals surface area contributed by atoms with E-state index in [1.54, 1.807) is 6.92 Å². The molecule has 1 aromatic carbocycles. The van der Waals surface area contributed by atoms with Gasteiger partial charge in [-0.2, -0.15) is 0 Å². The lowest BCUT2D eigenvalue weighted by atomic mass is 9.78. The largest absolute Gasteiger partial charge is 0.481 e. The van der Waals surface area contributed by atoms with E-state index in [2.05, 4.69) is 23.5 Å². The van der Waals surface area contributed by atoms with Crippen molar-refractivity contribution in [2.24, 2.45) is 11.8 Å². The summed E-state index contributed by atoms with van der Waals surface area (Å²) >= 11 is 0. The van der Waals surface area contributed by atoms with E-state index in [-0.39, 0.29) is 23.8 Å². The molecule has 2 aliphatic carbocycles. The van der Waals surface area contributed by atoms with Crippen molar-refractivity contribution in [2.75, 3.05) is 6.54 Å². The number of carbonyl (C=O) groups excluding carboxylic acids is 1. The fraction of sp³-hybridized carbons (Fsp3) is 0.529. The summed E-state index contributed by atoms with van der Waals surface area (Å²) in [6.07, 6.45) is 4.20. The number of amides is 1. The molecule has 4 nitrogen and oxygen atoms in total. The minimum atomic E-state index is -0.871. The predicted molar refractivity (Wildman–Crippen MR) is 79.0 cm³/mol. The number of benzene rings is 1. The number of fused-ring (bicyclic) bond motifs is 2. The number of carbonyl (C=O) groups is 2. The molecule has 3 unspecified atom stereocenters. The monoisotopic (exact) mass is 287 g/mol. The molecule has 0 saturated heterocycles. The van der Waals surface area contributed by atoms with Crippen molar-refractivity contribution < 1.29 is 14.7 Å². The van der Waals surface area contributed by atoms with Crippen LogP contribution in [0.25, 0.3) is 0 Å². The Hall–Kier alpha value is -1.84. The second-order valence-corrected chi connectivity index (χ2v) is 6.41. The summed E-state index contributed by atoms with van der Waals surface area (Å²) < 4.78 is 0. The number of carboxylic acid groups (broad SMARTS) is 1. The van der Waals surface area contributed by atoms with Gasteiger partial charge in [-0.15, -0.1) is 0 Å². The molecule has 3 atom stereocenters. The van der Waals surface area contributed by atoms with E-state index >= 15 is 0 Å². The zero-order valence-corrected chi connectivity index (χ0v) is 12.3. The van der Waals surface area contributed by atoms with Crippen LogP contribution in [0.3, 0.4) is 0 Å². The van der Waals surface area contributed by atoms with Gasteiger partial charge in [-0.25, -0.2) is 0 Å². The van der Waals surface area contributed by atoms with Crippen molar-refractivity contribution in [3.8, 4) is 0 Å². The van der Waals surface area contributed by atoms with E-state index in [9.17, 15) is 9.59 Å². The second kappa shape index (κ2) is 5.17. The van der Waals surface area contributed by atoms with Crippen LogP contribution in [0.4, 0.5) is 0 Å². The van der Waals surface area contributed by atoms with Gasteiger partial charge >= 0.3 is 5.97 Å². The molecule has 4 heteroatoms. The first kappa shape index (κ1) is 14.1. The number of rotatable bonds is 4. The average molecular weight is 287 g/mol. The molecule has 2 N–H and O–H groups in total. The molecular weight excluding hydrogens is 266 g/mol. The van der Waals surface area contributed by atoms with E-state index in [4.69, 9.17) is 5.11 Å². The highest BCUT2D eigenvalue weighted by Crippen LogP contribution is 2.60. The van der Waals surface area contributed by atoms with Gasteiger partial charge < -0.3 is 10.4 Å². The smallest absolute Gasteiger partial charge is 0.308 e. The highest BCUT2D eigenvalue weighted by molar-refractivity contribution is 5.85. The molecule has 1 fully saturated rings. The normalized spacial score (nSPS) is 27.8. The van der Waals surface area contributed by atoms with Crippen LogP contribution in [0.15, 0.2) is 24.3 Å². The summed E-state index contributed by atoms with van der Waals surface area (Å²) in [6.45, 7) is 1.82. The van der Waals surface area contributed by atoms with Crippen molar-refractivity contribution in [1.82, 2.24) is 5.32 Å². The van der Waals surface area contributed by atoms with Gasteiger partial charge in [0.1, 0.15) is 0 Å². The Morgan fingerprint density at radius 2 is 2.19 bits per heavy atom. The molecule has 3 rings (SSSR count). The topological polar surface area (TPSA) is 66.4 Å². The van der Waals surface area contributed by atoms with Crippen LogP contribution < -0.4 is 5.32 Å². The summed E-state index contributed by atoms with van der Waals surface area (Å²) in [4.78, 5) is 23.1. The predicted octanol–water partition coefficient (Wildman–Crippen LogP) is 2.12. The van der Waals surface area contributed by atoms with Gasteiger partial charge in [-0.05, 0) is 36.8 Å². The minimum Gasteiger partial charge on any atom is -0.481 e. The lowest BCUT2D eigenvalue weighted by molar-refractivity contribution is -0.141. The second-order valence-electron chi connectivity index (χ2n) is 6.41. The Kier molecular flexibility index (Phi) is 3.47. The molecule has 0 aliphatic heterocycles. The third-order valence-electron chi connectivity index (χ3n) is 5.02. The molecule has 0 aromatic heterocycles. The van der Waals surface area contributed by atoms with Gasteiger partial charge in [0.15, 0.2) is 0 Å². The van der Waals surface area contributed by atoms with Gasteiger partial charge in [0.25, 0.3) is 0 Å². The zero-order chi connectivity index (χ0) is 15.0. The van der Waals surface area contributed by atoms with Crippen LogP contribution in [0.5, 0.6) is 0 Å². The van der Waals surface area contributed by atoms with E-state index in [1.165, 1.54) is 11.1 Å². The standard InChI is InChI=1S/C17H21NO3/c1-11(16(20)21)10-18-15(19)14-9-17(14)8-4-6-12-5-2-3-7-13(12)17/h2-3,5,7,11,14H,4,6,8-10H2,1H3,(H,18,19)(H,20,21). The number of nitrogens with one attached hydrogen (secondary N) is 1. The first-order chi connectivity index (χ1) is 10.0. The molecule has 1 aromatic rings. The number of carboxylic acids is 1. The van der Waals surface area contributed by atoms with E-state index in [0.29, 0.717) is 0 Å². The average Bonchev–Trinajstić information content (AvgIpc) is 3.20. The van der Waals surface area contributed by atoms with Crippen molar-refractivity contribution in [1.29, 1.82) is 0 Å². The van der Waals surface area contributed by atoms with Crippen molar-refractivity contribution in [3.05, 3.63) is 35.4 Å². The zero-order valence-electron chi connectivity index (χ0n) is 12.3. The van der Waals surface area contributed by atoms with Crippen molar-refractivity contribution in [2.45, 2.75) is 38.0 Å². The van der Waals surface area contributed by atoms with Crippen molar-refractivity contribution in [3.63, 3.8) is 0 Å². The number of hydrogen-bond donors (Lipinski definition) is 2. The molecule has 1 amide bonds. The lowest BCUT2D eigenvalue weighted by Gasteiger charge is -2.26. The minimum absolute atomic E-state index is 0.0137. The Morgan fingerprint density at radius 1 is 1.43 bits per heavy atom. The van der Waals surface area contributed by atoms with E-state index < -0.39 is 11.9 Å². The van der Waals surface area contributed by atoms with Gasteiger partial charge in [0.2, 0.25) is 5.91 Å². The van der Waals surface area contributed by atoms with Crippen LogP contribution >= 0.6 is 0 Å². The molecule has 0 heterocycles. The van der Waals surface area contributed by atoms with Gasteiger partial charge in [0.05, 0.1) is 5.92 Å². The molecule has 112 valence electrons.